The Balaban J connectivity index is 1.86. The first-order valence-electron chi connectivity index (χ1n) is 9.22. The molecule has 0 saturated heterocycles. The third kappa shape index (κ3) is 3.60. The number of para-hydroxylation sites is 1. The van der Waals surface area contributed by atoms with E-state index in [9.17, 15) is 5.11 Å². The standard InChI is InChI=1S/C23H20Cl2N2O2/c1-13-7-9-14(10-8-13)16(12-28)23-26-18-11-17(24)20(21(25)22(18)27-23)15-5-3-4-6-19(15)29-2/h3-11,16,28H,12H2,1-2H3,(H,26,27). The van der Waals surface area contributed by atoms with E-state index >= 15 is 0 Å². The number of aliphatic hydroxyl groups excluding tert-OH is 1. The molecule has 4 aromatic rings. The fourth-order valence-electron chi connectivity index (χ4n) is 3.51. The summed E-state index contributed by atoms with van der Waals surface area (Å²) in [5.74, 6) is 1.04. The Labute approximate surface area is 179 Å². The van der Waals surface area contributed by atoms with Crippen molar-refractivity contribution >= 4 is 34.2 Å². The molecule has 0 bridgehead atoms. The first-order valence-corrected chi connectivity index (χ1v) is 9.97. The van der Waals surface area contributed by atoms with Crippen molar-refractivity contribution in [2.24, 2.45) is 0 Å². The number of ether oxygens (including phenoxy) is 1. The number of methoxy groups -OCH3 is 1. The van der Waals surface area contributed by atoms with Crippen LogP contribution in [-0.4, -0.2) is 28.8 Å². The minimum Gasteiger partial charge on any atom is -0.496 e. The van der Waals surface area contributed by atoms with Gasteiger partial charge in [-0.2, -0.15) is 0 Å². The van der Waals surface area contributed by atoms with Crippen LogP contribution in [-0.2, 0) is 0 Å². The predicted octanol–water partition coefficient (Wildman–Crippen LogP) is 5.98. The molecule has 29 heavy (non-hydrogen) atoms. The molecule has 2 N–H and O–H groups in total. The fraction of sp³-hybridized carbons (Fsp3) is 0.174. The molecular formula is C23H20Cl2N2O2. The van der Waals surface area contributed by atoms with Crippen LogP contribution in [0.1, 0.15) is 22.9 Å². The summed E-state index contributed by atoms with van der Waals surface area (Å²) >= 11 is 13.4. The van der Waals surface area contributed by atoms with Crippen LogP contribution in [0, 0.1) is 6.92 Å². The largest absolute Gasteiger partial charge is 0.496 e. The molecule has 148 valence electrons. The zero-order chi connectivity index (χ0) is 20.5. The summed E-state index contributed by atoms with van der Waals surface area (Å²) in [6, 6.07) is 17.4. The van der Waals surface area contributed by atoms with E-state index in [1.807, 2.05) is 55.5 Å². The number of benzene rings is 3. The summed E-state index contributed by atoms with van der Waals surface area (Å²) in [6.07, 6.45) is 0. The maximum absolute atomic E-state index is 10.0. The van der Waals surface area contributed by atoms with Crippen LogP contribution in [0.3, 0.4) is 0 Å². The van der Waals surface area contributed by atoms with Gasteiger partial charge in [-0.3, -0.25) is 0 Å². The van der Waals surface area contributed by atoms with Crippen LogP contribution in [0.5, 0.6) is 5.75 Å². The normalized spacial score (nSPS) is 12.3. The van der Waals surface area contributed by atoms with Crippen molar-refractivity contribution in [3.8, 4) is 16.9 Å². The van der Waals surface area contributed by atoms with Crippen LogP contribution < -0.4 is 4.74 Å². The van der Waals surface area contributed by atoms with Crippen LogP contribution in [0.25, 0.3) is 22.2 Å². The lowest BCUT2D eigenvalue weighted by molar-refractivity contribution is 0.277. The number of imidazole rings is 1. The first-order chi connectivity index (χ1) is 14.0. The second-order valence-electron chi connectivity index (χ2n) is 6.91. The Hall–Kier alpha value is -2.53. The van der Waals surface area contributed by atoms with Gasteiger partial charge in [0.25, 0.3) is 0 Å². The van der Waals surface area contributed by atoms with Gasteiger partial charge in [0, 0.05) is 11.1 Å². The predicted molar refractivity (Wildman–Crippen MR) is 118 cm³/mol. The SMILES string of the molecule is COc1ccccc1-c1c(Cl)cc2nc(C(CO)c3ccc(C)cc3)[nH]c2c1Cl. The molecule has 1 aromatic heterocycles. The molecule has 0 aliphatic carbocycles. The van der Waals surface area contributed by atoms with Crippen molar-refractivity contribution in [3.05, 3.63) is 81.6 Å². The van der Waals surface area contributed by atoms with Crippen LogP contribution in [0.4, 0.5) is 0 Å². The van der Waals surface area contributed by atoms with Crippen molar-refractivity contribution in [1.82, 2.24) is 9.97 Å². The van der Waals surface area contributed by atoms with Gasteiger partial charge in [0.05, 0.1) is 40.7 Å². The van der Waals surface area contributed by atoms with Crippen LogP contribution >= 0.6 is 23.2 Å². The van der Waals surface area contributed by atoms with Gasteiger partial charge in [0.1, 0.15) is 11.6 Å². The molecule has 3 aromatic carbocycles. The summed E-state index contributed by atoms with van der Waals surface area (Å²) < 4.78 is 5.47. The lowest BCUT2D eigenvalue weighted by atomic mass is 9.98. The van der Waals surface area contributed by atoms with Crippen molar-refractivity contribution in [1.29, 1.82) is 0 Å². The average molecular weight is 427 g/mol. The fourth-order valence-corrected chi connectivity index (χ4v) is 4.21. The number of halogens is 2. The lowest BCUT2D eigenvalue weighted by Gasteiger charge is -2.12. The first kappa shape index (κ1) is 19.8. The molecule has 0 aliphatic rings. The molecule has 4 rings (SSSR count). The number of aryl methyl sites for hydroxylation is 1. The van der Waals surface area contributed by atoms with E-state index in [2.05, 4.69) is 9.97 Å². The zero-order valence-corrected chi connectivity index (χ0v) is 17.6. The maximum atomic E-state index is 10.0. The molecule has 0 amide bonds. The number of hydrogen-bond acceptors (Lipinski definition) is 3. The topological polar surface area (TPSA) is 58.1 Å². The number of fused-ring (bicyclic) bond motifs is 1. The minimum absolute atomic E-state index is 0.0758. The van der Waals surface area contributed by atoms with E-state index in [4.69, 9.17) is 27.9 Å². The number of H-pyrrole nitrogens is 1. The number of hydrogen-bond donors (Lipinski definition) is 2. The minimum atomic E-state index is -0.285. The Bertz CT molecular complexity index is 1170. The van der Waals surface area contributed by atoms with Crippen molar-refractivity contribution in [3.63, 3.8) is 0 Å². The number of nitrogens with one attached hydrogen (secondary N) is 1. The van der Waals surface area contributed by atoms with Gasteiger partial charge in [0.2, 0.25) is 0 Å². The Morgan fingerprint density at radius 3 is 2.52 bits per heavy atom. The number of aromatic nitrogens is 2. The molecule has 4 nitrogen and oxygen atoms in total. The third-order valence-corrected chi connectivity index (χ3v) is 5.74. The molecule has 0 saturated carbocycles. The molecule has 0 fully saturated rings. The molecule has 1 atom stereocenters. The van der Waals surface area contributed by atoms with E-state index in [1.54, 1.807) is 13.2 Å². The lowest BCUT2D eigenvalue weighted by Crippen LogP contribution is -2.07. The molecule has 1 unspecified atom stereocenters. The summed E-state index contributed by atoms with van der Waals surface area (Å²) in [6.45, 7) is 1.95. The number of rotatable bonds is 5. The smallest absolute Gasteiger partial charge is 0.126 e. The molecular weight excluding hydrogens is 407 g/mol. The van der Waals surface area contributed by atoms with Crippen molar-refractivity contribution in [2.75, 3.05) is 13.7 Å². The number of aromatic amines is 1. The van der Waals surface area contributed by atoms with Crippen LogP contribution in [0.15, 0.2) is 54.6 Å². The Morgan fingerprint density at radius 1 is 1.10 bits per heavy atom. The summed E-state index contributed by atoms with van der Waals surface area (Å²) in [4.78, 5) is 7.97. The van der Waals surface area contributed by atoms with E-state index < -0.39 is 0 Å². The van der Waals surface area contributed by atoms with Gasteiger partial charge in [-0.25, -0.2) is 4.98 Å². The summed E-state index contributed by atoms with van der Waals surface area (Å²) in [7, 11) is 1.61. The second kappa shape index (κ2) is 8.07. The van der Waals surface area contributed by atoms with Gasteiger partial charge in [0.15, 0.2) is 0 Å². The number of aliphatic hydroxyl groups is 1. The highest BCUT2D eigenvalue weighted by atomic mass is 35.5. The third-order valence-electron chi connectivity index (χ3n) is 5.06. The molecule has 1 heterocycles. The summed E-state index contributed by atoms with van der Waals surface area (Å²) in [5, 5.41) is 11.0. The van der Waals surface area contributed by atoms with Crippen molar-refractivity contribution < 1.29 is 9.84 Å². The second-order valence-corrected chi connectivity index (χ2v) is 7.69. The molecule has 0 spiro atoms. The van der Waals surface area contributed by atoms with E-state index in [0.29, 0.717) is 38.2 Å². The van der Waals surface area contributed by atoms with E-state index in [0.717, 1.165) is 16.7 Å². The van der Waals surface area contributed by atoms with Gasteiger partial charge in [-0.15, -0.1) is 0 Å². The molecule has 0 aliphatic heterocycles. The molecule has 0 radical (unpaired) electrons. The maximum Gasteiger partial charge on any atom is 0.126 e. The number of nitrogens with zero attached hydrogens (tertiary/aromatic N) is 1. The van der Waals surface area contributed by atoms with Gasteiger partial charge in [-0.1, -0.05) is 71.2 Å². The molecule has 6 heteroatoms. The zero-order valence-electron chi connectivity index (χ0n) is 16.0. The van der Waals surface area contributed by atoms with Crippen LogP contribution in [0.2, 0.25) is 10.0 Å². The monoisotopic (exact) mass is 426 g/mol. The summed E-state index contributed by atoms with van der Waals surface area (Å²) in [5.41, 5.74) is 4.96. The van der Waals surface area contributed by atoms with Gasteiger partial charge >= 0.3 is 0 Å². The van der Waals surface area contributed by atoms with Gasteiger partial charge in [-0.05, 0) is 24.6 Å². The van der Waals surface area contributed by atoms with Gasteiger partial charge < -0.3 is 14.8 Å². The van der Waals surface area contributed by atoms with E-state index in [-0.39, 0.29) is 12.5 Å². The highest BCUT2D eigenvalue weighted by Gasteiger charge is 2.22. The van der Waals surface area contributed by atoms with E-state index in [1.165, 1.54) is 0 Å². The average Bonchev–Trinajstić information content (AvgIpc) is 3.14. The highest BCUT2D eigenvalue weighted by Crippen LogP contribution is 2.43. The quantitative estimate of drug-likeness (QED) is 0.412. The highest BCUT2D eigenvalue weighted by molar-refractivity contribution is 6.42. The Morgan fingerprint density at radius 2 is 1.83 bits per heavy atom. The Kier molecular flexibility index (Phi) is 5.50. The van der Waals surface area contributed by atoms with Crippen molar-refractivity contribution in [2.45, 2.75) is 12.8 Å².